The second-order valence-corrected chi connectivity index (χ2v) is 3.39. The van der Waals surface area contributed by atoms with Gasteiger partial charge in [-0.05, 0) is 25.1 Å². The summed E-state index contributed by atoms with van der Waals surface area (Å²) in [6, 6.07) is 7.30. The first-order valence-electron chi connectivity index (χ1n) is 5.16. The standard InChI is InChI=1S/C12H14N2O2/c1-3-14-10(7-8-13-14)9-5-4-6-11(16-2)12(9)15/h4-8,15H,3H2,1-2H3. The van der Waals surface area contributed by atoms with Gasteiger partial charge in [-0.15, -0.1) is 0 Å². The van der Waals surface area contributed by atoms with Crippen molar-refractivity contribution in [2.75, 3.05) is 7.11 Å². The summed E-state index contributed by atoms with van der Waals surface area (Å²) in [7, 11) is 1.54. The van der Waals surface area contributed by atoms with E-state index in [1.165, 1.54) is 7.11 Å². The van der Waals surface area contributed by atoms with Gasteiger partial charge >= 0.3 is 0 Å². The van der Waals surface area contributed by atoms with Crippen LogP contribution in [0.1, 0.15) is 6.92 Å². The molecule has 0 atom stereocenters. The van der Waals surface area contributed by atoms with Crippen molar-refractivity contribution in [3.05, 3.63) is 30.5 Å². The first-order valence-corrected chi connectivity index (χ1v) is 5.16. The van der Waals surface area contributed by atoms with E-state index < -0.39 is 0 Å². The van der Waals surface area contributed by atoms with Crippen LogP contribution in [-0.4, -0.2) is 22.0 Å². The van der Waals surface area contributed by atoms with Crippen molar-refractivity contribution in [3.63, 3.8) is 0 Å². The Morgan fingerprint density at radius 2 is 2.19 bits per heavy atom. The van der Waals surface area contributed by atoms with Crippen LogP contribution in [0.3, 0.4) is 0 Å². The van der Waals surface area contributed by atoms with Gasteiger partial charge in [-0.3, -0.25) is 4.68 Å². The van der Waals surface area contributed by atoms with Gasteiger partial charge in [0.25, 0.3) is 0 Å². The number of aromatic hydroxyl groups is 1. The van der Waals surface area contributed by atoms with Crippen LogP contribution in [0.4, 0.5) is 0 Å². The summed E-state index contributed by atoms with van der Waals surface area (Å²) in [5, 5.41) is 14.2. The molecule has 0 amide bonds. The van der Waals surface area contributed by atoms with Gasteiger partial charge < -0.3 is 9.84 Å². The van der Waals surface area contributed by atoms with Crippen molar-refractivity contribution in [2.45, 2.75) is 13.5 Å². The Morgan fingerprint density at radius 3 is 2.88 bits per heavy atom. The molecule has 0 aliphatic heterocycles. The highest BCUT2D eigenvalue weighted by Crippen LogP contribution is 2.36. The molecule has 1 aromatic carbocycles. The number of benzene rings is 1. The fourth-order valence-electron chi connectivity index (χ4n) is 1.71. The minimum atomic E-state index is 0.153. The van der Waals surface area contributed by atoms with Crippen LogP contribution in [0.2, 0.25) is 0 Å². The minimum Gasteiger partial charge on any atom is -0.504 e. The molecule has 0 fully saturated rings. The van der Waals surface area contributed by atoms with E-state index in [9.17, 15) is 5.11 Å². The highest BCUT2D eigenvalue weighted by atomic mass is 16.5. The van der Waals surface area contributed by atoms with Crippen molar-refractivity contribution >= 4 is 0 Å². The van der Waals surface area contributed by atoms with Crippen molar-refractivity contribution in [3.8, 4) is 22.8 Å². The van der Waals surface area contributed by atoms with Gasteiger partial charge in [0.1, 0.15) is 0 Å². The zero-order valence-electron chi connectivity index (χ0n) is 9.34. The quantitative estimate of drug-likeness (QED) is 0.859. The summed E-state index contributed by atoms with van der Waals surface area (Å²) in [5.74, 6) is 0.626. The largest absolute Gasteiger partial charge is 0.504 e. The topological polar surface area (TPSA) is 47.3 Å². The third kappa shape index (κ3) is 1.62. The summed E-state index contributed by atoms with van der Waals surface area (Å²) in [4.78, 5) is 0. The minimum absolute atomic E-state index is 0.153. The van der Waals surface area contributed by atoms with Crippen molar-refractivity contribution < 1.29 is 9.84 Å². The van der Waals surface area contributed by atoms with Crippen LogP contribution in [0.5, 0.6) is 11.5 Å². The molecule has 0 saturated heterocycles. The molecular formula is C12H14N2O2. The molecule has 0 spiro atoms. The highest BCUT2D eigenvalue weighted by Gasteiger charge is 2.12. The van der Waals surface area contributed by atoms with Crippen LogP contribution >= 0.6 is 0 Å². The first kappa shape index (κ1) is 10.5. The summed E-state index contributed by atoms with van der Waals surface area (Å²) in [6.07, 6.45) is 1.72. The average Bonchev–Trinajstić information content (AvgIpc) is 2.77. The van der Waals surface area contributed by atoms with Crippen LogP contribution < -0.4 is 4.74 Å². The number of rotatable bonds is 3. The van der Waals surface area contributed by atoms with Gasteiger partial charge in [0.2, 0.25) is 0 Å². The molecule has 0 radical (unpaired) electrons. The summed E-state index contributed by atoms with van der Waals surface area (Å²) < 4.78 is 6.91. The van der Waals surface area contributed by atoms with Crippen LogP contribution in [0.25, 0.3) is 11.3 Å². The van der Waals surface area contributed by atoms with Gasteiger partial charge in [-0.25, -0.2) is 0 Å². The van der Waals surface area contributed by atoms with E-state index in [0.29, 0.717) is 5.75 Å². The number of hydrogen-bond acceptors (Lipinski definition) is 3. The predicted molar refractivity (Wildman–Crippen MR) is 61.6 cm³/mol. The zero-order valence-corrected chi connectivity index (χ0v) is 9.34. The van der Waals surface area contributed by atoms with E-state index >= 15 is 0 Å². The van der Waals surface area contributed by atoms with Crippen LogP contribution in [-0.2, 0) is 6.54 Å². The average molecular weight is 218 g/mol. The molecule has 16 heavy (non-hydrogen) atoms. The van der Waals surface area contributed by atoms with E-state index in [4.69, 9.17) is 4.74 Å². The summed E-state index contributed by atoms with van der Waals surface area (Å²) in [6.45, 7) is 2.77. The van der Waals surface area contributed by atoms with E-state index in [1.807, 2.05) is 29.8 Å². The zero-order chi connectivity index (χ0) is 11.5. The van der Waals surface area contributed by atoms with Crippen molar-refractivity contribution in [1.29, 1.82) is 0 Å². The van der Waals surface area contributed by atoms with Gasteiger partial charge in [0.05, 0.1) is 12.8 Å². The molecule has 0 aliphatic rings. The van der Waals surface area contributed by atoms with Gasteiger partial charge in [-0.2, -0.15) is 5.10 Å². The molecule has 0 saturated carbocycles. The number of aryl methyl sites for hydroxylation is 1. The molecule has 1 heterocycles. The number of ether oxygens (including phenoxy) is 1. The molecular weight excluding hydrogens is 204 g/mol. The lowest BCUT2D eigenvalue weighted by Crippen LogP contribution is -1.99. The maximum atomic E-state index is 10.0. The van der Waals surface area contributed by atoms with Crippen molar-refractivity contribution in [2.24, 2.45) is 0 Å². The predicted octanol–water partition coefficient (Wildman–Crippen LogP) is 2.28. The normalized spacial score (nSPS) is 10.4. The third-order valence-electron chi connectivity index (χ3n) is 2.51. The number of phenolic OH excluding ortho intramolecular Hbond substituents is 1. The second-order valence-electron chi connectivity index (χ2n) is 3.39. The monoisotopic (exact) mass is 218 g/mol. The van der Waals surface area contributed by atoms with E-state index in [0.717, 1.165) is 17.8 Å². The number of aromatic nitrogens is 2. The Morgan fingerprint density at radius 1 is 1.38 bits per heavy atom. The second kappa shape index (κ2) is 4.26. The molecule has 0 aliphatic carbocycles. The molecule has 0 bridgehead atoms. The lowest BCUT2D eigenvalue weighted by Gasteiger charge is -2.09. The molecule has 2 aromatic rings. The van der Waals surface area contributed by atoms with E-state index in [-0.39, 0.29) is 5.75 Å². The summed E-state index contributed by atoms with van der Waals surface area (Å²) >= 11 is 0. The fourth-order valence-corrected chi connectivity index (χ4v) is 1.71. The maximum Gasteiger partial charge on any atom is 0.167 e. The maximum absolute atomic E-state index is 10.0. The van der Waals surface area contributed by atoms with Crippen LogP contribution in [0.15, 0.2) is 30.5 Å². The Labute approximate surface area is 94.1 Å². The van der Waals surface area contributed by atoms with Crippen LogP contribution in [0, 0.1) is 0 Å². The van der Waals surface area contributed by atoms with Crippen molar-refractivity contribution in [1.82, 2.24) is 9.78 Å². The Balaban J connectivity index is 2.56. The molecule has 2 rings (SSSR count). The number of para-hydroxylation sites is 1. The number of nitrogens with zero attached hydrogens (tertiary/aromatic N) is 2. The Hall–Kier alpha value is -1.97. The smallest absolute Gasteiger partial charge is 0.167 e. The SMILES string of the molecule is CCn1nccc1-c1cccc(OC)c1O. The third-order valence-corrected chi connectivity index (χ3v) is 2.51. The summed E-state index contributed by atoms with van der Waals surface area (Å²) in [5.41, 5.74) is 1.62. The first-order chi connectivity index (χ1) is 7.77. The Kier molecular flexibility index (Phi) is 2.81. The molecule has 1 N–H and O–H groups in total. The fraction of sp³-hybridized carbons (Fsp3) is 0.250. The molecule has 4 heteroatoms. The van der Waals surface area contributed by atoms with Gasteiger partial charge in [0.15, 0.2) is 11.5 Å². The number of hydrogen-bond donors (Lipinski definition) is 1. The number of methoxy groups -OCH3 is 1. The number of phenols is 1. The lowest BCUT2D eigenvalue weighted by atomic mass is 10.1. The molecule has 84 valence electrons. The molecule has 0 unspecified atom stereocenters. The Bertz CT molecular complexity index is 492. The van der Waals surface area contributed by atoms with E-state index in [1.54, 1.807) is 12.3 Å². The molecule has 4 nitrogen and oxygen atoms in total. The molecule has 1 aromatic heterocycles. The van der Waals surface area contributed by atoms with Gasteiger partial charge in [-0.1, -0.05) is 6.07 Å². The lowest BCUT2D eigenvalue weighted by molar-refractivity contribution is 0.374. The van der Waals surface area contributed by atoms with Gasteiger partial charge in [0, 0.05) is 18.3 Å². The highest BCUT2D eigenvalue weighted by molar-refractivity contribution is 5.70. The van der Waals surface area contributed by atoms with E-state index in [2.05, 4.69) is 5.10 Å².